The molecule has 0 fully saturated rings. The van der Waals surface area contributed by atoms with Gasteiger partial charge < -0.3 is 5.32 Å². The molecule has 104 valence electrons. The number of aromatic nitrogens is 3. The highest BCUT2D eigenvalue weighted by Gasteiger charge is 2.13. The van der Waals surface area contributed by atoms with E-state index in [1.807, 2.05) is 49.4 Å². The van der Waals surface area contributed by atoms with Crippen LogP contribution in [0, 0.1) is 6.92 Å². The number of pyridine rings is 1. The Morgan fingerprint density at radius 1 is 1.19 bits per heavy atom. The Kier molecular flexibility index (Phi) is 3.47. The van der Waals surface area contributed by atoms with E-state index in [9.17, 15) is 4.79 Å². The quantitative estimate of drug-likeness (QED) is 0.801. The number of benzene rings is 1. The number of hydrogen-bond acceptors (Lipinski definition) is 3. The summed E-state index contributed by atoms with van der Waals surface area (Å²) in [6.45, 7) is 1.95. The van der Waals surface area contributed by atoms with Gasteiger partial charge in [-0.25, -0.2) is 9.97 Å². The van der Waals surface area contributed by atoms with Gasteiger partial charge in [0.2, 0.25) is 0 Å². The summed E-state index contributed by atoms with van der Waals surface area (Å²) in [5.41, 5.74) is 2.39. The zero-order chi connectivity index (χ0) is 14.7. The summed E-state index contributed by atoms with van der Waals surface area (Å²) < 4.78 is 1.74. The average Bonchev–Trinajstić information content (AvgIpc) is 2.98. The van der Waals surface area contributed by atoms with Crippen molar-refractivity contribution in [2.75, 3.05) is 5.32 Å². The van der Waals surface area contributed by atoms with Crippen LogP contribution in [0.2, 0.25) is 0 Å². The van der Waals surface area contributed by atoms with Crippen molar-refractivity contribution in [2.24, 2.45) is 0 Å². The molecule has 21 heavy (non-hydrogen) atoms. The summed E-state index contributed by atoms with van der Waals surface area (Å²) in [6, 6.07) is 13.3. The number of hydrogen-bond donors (Lipinski definition) is 1. The van der Waals surface area contributed by atoms with Gasteiger partial charge in [-0.05, 0) is 36.8 Å². The van der Waals surface area contributed by atoms with Crippen molar-refractivity contribution in [1.82, 2.24) is 14.5 Å². The lowest BCUT2D eigenvalue weighted by Crippen LogP contribution is -2.16. The summed E-state index contributed by atoms with van der Waals surface area (Å²) >= 11 is 0. The fraction of sp³-hybridized carbons (Fsp3) is 0.0625. The molecule has 0 aliphatic rings. The number of para-hydroxylation sites is 1. The number of nitrogens with zero attached hydrogens (tertiary/aromatic N) is 3. The van der Waals surface area contributed by atoms with Crippen molar-refractivity contribution in [3.8, 4) is 5.69 Å². The number of aryl methyl sites for hydroxylation is 1. The van der Waals surface area contributed by atoms with E-state index in [1.165, 1.54) is 6.20 Å². The van der Waals surface area contributed by atoms with Gasteiger partial charge in [0.25, 0.3) is 5.91 Å². The number of nitrogens with one attached hydrogen (secondary N) is 1. The summed E-state index contributed by atoms with van der Waals surface area (Å²) in [6.07, 6.45) is 4.82. The summed E-state index contributed by atoms with van der Waals surface area (Å²) in [5, 5.41) is 2.78. The van der Waals surface area contributed by atoms with Crippen LogP contribution in [0.15, 0.2) is 61.2 Å². The van der Waals surface area contributed by atoms with Crippen molar-refractivity contribution < 1.29 is 4.79 Å². The number of carbonyl (C=O) groups excluding carboxylic acids is 1. The van der Waals surface area contributed by atoms with E-state index in [0.29, 0.717) is 11.5 Å². The maximum atomic E-state index is 12.4. The lowest BCUT2D eigenvalue weighted by atomic mass is 10.3. The van der Waals surface area contributed by atoms with E-state index in [-0.39, 0.29) is 5.91 Å². The lowest BCUT2D eigenvalue weighted by molar-refractivity contribution is 0.102. The first-order valence-electron chi connectivity index (χ1n) is 6.56. The fourth-order valence-corrected chi connectivity index (χ4v) is 2.04. The Balaban J connectivity index is 1.88. The van der Waals surface area contributed by atoms with Gasteiger partial charge in [-0.15, -0.1) is 0 Å². The van der Waals surface area contributed by atoms with E-state index in [2.05, 4.69) is 15.3 Å². The molecule has 3 aromatic rings. The van der Waals surface area contributed by atoms with Crippen LogP contribution in [0.4, 0.5) is 5.82 Å². The molecule has 2 aromatic heterocycles. The Morgan fingerprint density at radius 3 is 2.76 bits per heavy atom. The Morgan fingerprint density at radius 2 is 2.00 bits per heavy atom. The summed E-state index contributed by atoms with van der Waals surface area (Å²) in [5.74, 6) is 0.287. The molecular weight excluding hydrogens is 264 g/mol. The molecule has 5 heteroatoms. The topological polar surface area (TPSA) is 59.8 Å². The molecule has 1 N–H and O–H groups in total. The SMILES string of the molecule is Cc1ccnc(NC(=O)c2cncn2-c2ccccc2)c1. The van der Waals surface area contributed by atoms with E-state index in [4.69, 9.17) is 0 Å². The Labute approximate surface area is 122 Å². The first kappa shape index (κ1) is 13.1. The molecule has 0 atom stereocenters. The summed E-state index contributed by atoms with van der Waals surface area (Å²) in [4.78, 5) is 20.6. The molecule has 5 nitrogen and oxygen atoms in total. The van der Waals surface area contributed by atoms with E-state index < -0.39 is 0 Å². The number of anilines is 1. The molecule has 1 aromatic carbocycles. The van der Waals surface area contributed by atoms with Crippen LogP contribution in [0.25, 0.3) is 5.69 Å². The van der Waals surface area contributed by atoms with Gasteiger partial charge in [0.15, 0.2) is 0 Å². The highest BCUT2D eigenvalue weighted by Crippen LogP contribution is 2.13. The second-order valence-electron chi connectivity index (χ2n) is 4.66. The molecule has 0 aliphatic carbocycles. The van der Waals surface area contributed by atoms with Gasteiger partial charge in [0.1, 0.15) is 11.5 Å². The van der Waals surface area contributed by atoms with Crippen molar-refractivity contribution in [3.63, 3.8) is 0 Å². The molecule has 0 radical (unpaired) electrons. The highest BCUT2D eigenvalue weighted by atomic mass is 16.2. The monoisotopic (exact) mass is 278 g/mol. The van der Waals surface area contributed by atoms with Crippen molar-refractivity contribution in [3.05, 3.63) is 72.4 Å². The minimum atomic E-state index is -0.241. The van der Waals surface area contributed by atoms with Crippen LogP contribution in [-0.4, -0.2) is 20.4 Å². The van der Waals surface area contributed by atoms with Gasteiger partial charge in [0, 0.05) is 11.9 Å². The first-order valence-corrected chi connectivity index (χ1v) is 6.56. The van der Waals surface area contributed by atoms with Gasteiger partial charge in [-0.2, -0.15) is 0 Å². The number of amides is 1. The second-order valence-corrected chi connectivity index (χ2v) is 4.66. The Hall–Kier alpha value is -2.95. The molecule has 0 aliphatic heterocycles. The van der Waals surface area contributed by atoms with Crippen LogP contribution in [0.5, 0.6) is 0 Å². The second kappa shape index (κ2) is 5.58. The molecule has 0 bridgehead atoms. The molecular formula is C16H14N4O. The predicted molar refractivity (Wildman–Crippen MR) is 80.5 cm³/mol. The molecule has 0 saturated carbocycles. The molecule has 3 rings (SSSR count). The molecule has 1 amide bonds. The number of imidazole rings is 1. The number of carbonyl (C=O) groups is 1. The van der Waals surface area contributed by atoms with Gasteiger partial charge in [0.05, 0.1) is 12.5 Å². The highest BCUT2D eigenvalue weighted by molar-refractivity contribution is 6.02. The van der Waals surface area contributed by atoms with Gasteiger partial charge in [-0.3, -0.25) is 9.36 Å². The fourth-order valence-electron chi connectivity index (χ4n) is 2.04. The third kappa shape index (κ3) is 2.81. The van der Waals surface area contributed by atoms with Gasteiger partial charge in [-0.1, -0.05) is 18.2 Å². The van der Waals surface area contributed by atoms with E-state index in [1.54, 1.807) is 17.1 Å². The minimum Gasteiger partial charge on any atom is -0.305 e. The number of rotatable bonds is 3. The standard InChI is InChI=1S/C16H14N4O/c1-12-7-8-18-15(9-12)19-16(21)14-10-17-11-20(14)13-5-3-2-4-6-13/h2-11H,1H3,(H,18,19,21). The average molecular weight is 278 g/mol. The zero-order valence-electron chi connectivity index (χ0n) is 11.5. The minimum absolute atomic E-state index is 0.241. The van der Waals surface area contributed by atoms with Crippen molar-refractivity contribution >= 4 is 11.7 Å². The summed E-state index contributed by atoms with van der Waals surface area (Å²) in [7, 11) is 0. The van der Waals surface area contributed by atoms with E-state index in [0.717, 1.165) is 11.3 Å². The maximum absolute atomic E-state index is 12.4. The maximum Gasteiger partial charge on any atom is 0.275 e. The van der Waals surface area contributed by atoms with Crippen molar-refractivity contribution in [1.29, 1.82) is 0 Å². The van der Waals surface area contributed by atoms with Gasteiger partial charge >= 0.3 is 0 Å². The molecule has 0 spiro atoms. The third-order valence-electron chi connectivity index (χ3n) is 3.06. The predicted octanol–water partition coefficient (Wildman–Crippen LogP) is 2.83. The van der Waals surface area contributed by atoms with Crippen LogP contribution in [-0.2, 0) is 0 Å². The van der Waals surface area contributed by atoms with Crippen LogP contribution >= 0.6 is 0 Å². The molecule has 2 heterocycles. The molecule has 0 unspecified atom stereocenters. The van der Waals surface area contributed by atoms with E-state index >= 15 is 0 Å². The van der Waals surface area contributed by atoms with Crippen LogP contribution in [0.3, 0.4) is 0 Å². The first-order chi connectivity index (χ1) is 10.2. The normalized spacial score (nSPS) is 10.3. The third-order valence-corrected chi connectivity index (χ3v) is 3.06. The lowest BCUT2D eigenvalue weighted by Gasteiger charge is -2.08. The van der Waals surface area contributed by atoms with Crippen LogP contribution in [0.1, 0.15) is 16.1 Å². The largest absolute Gasteiger partial charge is 0.305 e. The van der Waals surface area contributed by atoms with Crippen molar-refractivity contribution in [2.45, 2.75) is 6.92 Å². The van der Waals surface area contributed by atoms with Crippen LogP contribution < -0.4 is 5.32 Å². The smallest absolute Gasteiger partial charge is 0.275 e. The molecule has 0 saturated heterocycles. The zero-order valence-corrected chi connectivity index (χ0v) is 11.5. The Bertz CT molecular complexity index is 765.